The molecule has 1 aromatic carbocycles. The summed E-state index contributed by atoms with van der Waals surface area (Å²) >= 11 is 0. The van der Waals surface area contributed by atoms with Crippen molar-refractivity contribution in [1.82, 2.24) is 24.5 Å². The van der Waals surface area contributed by atoms with E-state index in [2.05, 4.69) is 80.5 Å². The maximum atomic E-state index is 9.79. The molecule has 1 aliphatic rings. The van der Waals surface area contributed by atoms with Crippen LogP contribution in [-0.2, 0) is 13.5 Å². The van der Waals surface area contributed by atoms with Gasteiger partial charge in [-0.05, 0) is 63.3 Å². The van der Waals surface area contributed by atoms with Crippen molar-refractivity contribution in [2.75, 3.05) is 18.0 Å². The molecule has 33 heavy (non-hydrogen) atoms. The van der Waals surface area contributed by atoms with Gasteiger partial charge in [0.2, 0.25) is 0 Å². The van der Waals surface area contributed by atoms with Crippen molar-refractivity contribution in [3.63, 3.8) is 0 Å². The molecule has 178 valence electrons. The summed E-state index contributed by atoms with van der Waals surface area (Å²) in [7, 11) is 1.99. The van der Waals surface area contributed by atoms with Crippen molar-refractivity contribution >= 4 is 5.69 Å². The van der Waals surface area contributed by atoms with Crippen LogP contribution >= 0.6 is 0 Å². The SMILES string of the molecule is Cc1nn(C)c(C)c1Cc1nc(-c2ccc(N3CCC(O)CC3)cc2)nn1C(C)C(C)(C)C. The van der Waals surface area contributed by atoms with Crippen LogP contribution in [0.1, 0.15) is 69.4 Å². The molecule has 3 heterocycles. The van der Waals surface area contributed by atoms with Gasteiger partial charge in [0.15, 0.2) is 5.82 Å². The van der Waals surface area contributed by atoms with E-state index < -0.39 is 0 Å². The third-order valence-corrected chi connectivity index (χ3v) is 7.27. The minimum absolute atomic E-state index is 0.0570. The van der Waals surface area contributed by atoms with Crippen LogP contribution in [0.25, 0.3) is 11.4 Å². The molecule has 3 aromatic rings. The highest BCUT2D eigenvalue weighted by molar-refractivity contribution is 5.60. The lowest BCUT2D eigenvalue weighted by Crippen LogP contribution is -2.35. The first-order chi connectivity index (χ1) is 15.5. The lowest BCUT2D eigenvalue weighted by atomic mass is 9.88. The van der Waals surface area contributed by atoms with E-state index in [9.17, 15) is 5.11 Å². The maximum absolute atomic E-state index is 9.79. The second-order valence-corrected chi connectivity index (χ2v) is 10.6. The molecular weight excluding hydrogens is 412 g/mol. The number of piperidine rings is 1. The largest absolute Gasteiger partial charge is 0.393 e. The number of hydrogen-bond acceptors (Lipinski definition) is 5. The third-order valence-electron chi connectivity index (χ3n) is 7.27. The summed E-state index contributed by atoms with van der Waals surface area (Å²) in [5.74, 6) is 1.74. The first-order valence-electron chi connectivity index (χ1n) is 12.0. The Morgan fingerprint density at radius 2 is 1.70 bits per heavy atom. The molecule has 0 saturated carbocycles. The minimum Gasteiger partial charge on any atom is -0.393 e. The van der Waals surface area contributed by atoms with Crippen molar-refractivity contribution < 1.29 is 5.11 Å². The molecule has 1 N–H and O–H groups in total. The molecule has 0 spiro atoms. The van der Waals surface area contributed by atoms with Gasteiger partial charge in [0.05, 0.1) is 17.8 Å². The fourth-order valence-corrected chi connectivity index (χ4v) is 4.45. The van der Waals surface area contributed by atoms with Crippen molar-refractivity contribution in [1.29, 1.82) is 0 Å². The van der Waals surface area contributed by atoms with Crippen LogP contribution in [0.15, 0.2) is 24.3 Å². The van der Waals surface area contributed by atoms with Crippen LogP contribution in [0, 0.1) is 19.3 Å². The van der Waals surface area contributed by atoms with Crippen molar-refractivity contribution in [2.24, 2.45) is 12.5 Å². The molecule has 7 nitrogen and oxygen atoms in total. The van der Waals surface area contributed by atoms with Crippen LogP contribution in [0.5, 0.6) is 0 Å². The zero-order valence-electron chi connectivity index (χ0n) is 21.1. The van der Waals surface area contributed by atoms with E-state index in [4.69, 9.17) is 10.1 Å². The normalized spacial score (nSPS) is 16.4. The Bertz CT molecular complexity index is 1100. The summed E-state index contributed by atoms with van der Waals surface area (Å²) in [6.45, 7) is 14.9. The quantitative estimate of drug-likeness (QED) is 0.622. The van der Waals surface area contributed by atoms with Gasteiger partial charge < -0.3 is 10.0 Å². The van der Waals surface area contributed by atoms with Crippen LogP contribution in [0.2, 0.25) is 0 Å². The Hall–Kier alpha value is -2.67. The number of aliphatic hydroxyl groups is 1. The van der Waals surface area contributed by atoms with Gasteiger partial charge in [0.1, 0.15) is 5.82 Å². The van der Waals surface area contributed by atoms with Crippen molar-refractivity contribution in [2.45, 2.75) is 73.0 Å². The Morgan fingerprint density at radius 1 is 1.06 bits per heavy atom. The molecular formula is C26H38N6O. The van der Waals surface area contributed by atoms with E-state index in [1.165, 1.54) is 16.9 Å². The monoisotopic (exact) mass is 450 g/mol. The summed E-state index contributed by atoms with van der Waals surface area (Å²) in [5.41, 5.74) is 5.71. The second-order valence-electron chi connectivity index (χ2n) is 10.6. The van der Waals surface area contributed by atoms with Gasteiger partial charge >= 0.3 is 0 Å². The van der Waals surface area contributed by atoms with Gasteiger partial charge in [-0.2, -0.15) is 10.2 Å². The molecule has 1 atom stereocenters. The number of nitrogens with zero attached hydrogens (tertiary/aromatic N) is 6. The summed E-state index contributed by atoms with van der Waals surface area (Å²) in [5, 5.41) is 19.4. The predicted octanol–water partition coefficient (Wildman–Crippen LogP) is 4.45. The maximum Gasteiger partial charge on any atom is 0.181 e. The Labute approximate surface area is 197 Å². The number of anilines is 1. The molecule has 0 bridgehead atoms. The summed E-state index contributed by atoms with van der Waals surface area (Å²) in [4.78, 5) is 7.36. The average molecular weight is 451 g/mol. The fourth-order valence-electron chi connectivity index (χ4n) is 4.45. The van der Waals surface area contributed by atoms with E-state index >= 15 is 0 Å². The average Bonchev–Trinajstić information content (AvgIpc) is 3.29. The second kappa shape index (κ2) is 8.93. The van der Waals surface area contributed by atoms with Gasteiger partial charge in [-0.25, -0.2) is 9.67 Å². The fraction of sp³-hybridized carbons (Fsp3) is 0.577. The summed E-state index contributed by atoms with van der Waals surface area (Å²) < 4.78 is 4.05. The van der Waals surface area contributed by atoms with Crippen molar-refractivity contribution in [3.05, 3.63) is 47.0 Å². The molecule has 4 rings (SSSR count). The van der Waals surface area contributed by atoms with E-state index in [0.29, 0.717) is 6.42 Å². The number of benzene rings is 1. The third kappa shape index (κ3) is 4.83. The van der Waals surface area contributed by atoms with E-state index in [-0.39, 0.29) is 17.6 Å². The smallest absolute Gasteiger partial charge is 0.181 e. The van der Waals surface area contributed by atoms with Gasteiger partial charge in [-0.3, -0.25) is 4.68 Å². The minimum atomic E-state index is -0.163. The molecule has 0 amide bonds. The lowest BCUT2D eigenvalue weighted by molar-refractivity contribution is 0.145. The molecule has 2 aromatic heterocycles. The summed E-state index contributed by atoms with van der Waals surface area (Å²) in [6, 6.07) is 8.73. The number of aliphatic hydroxyl groups excluding tert-OH is 1. The Morgan fingerprint density at radius 3 is 2.24 bits per heavy atom. The molecule has 1 fully saturated rings. The van der Waals surface area contributed by atoms with Crippen LogP contribution in [-0.4, -0.2) is 48.8 Å². The van der Waals surface area contributed by atoms with E-state index in [1.807, 2.05) is 11.7 Å². The number of aryl methyl sites for hydroxylation is 2. The predicted molar refractivity (Wildman–Crippen MR) is 133 cm³/mol. The van der Waals surface area contributed by atoms with E-state index in [1.54, 1.807) is 0 Å². The lowest BCUT2D eigenvalue weighted by Gasteiger charge is -2.31. The first kappa shape index (κ1) is 23.5. The summed E-state index contributed by atoms with van der Waals surface area (Å²) in [6.07, 6.45) is 2.21. The Balaban J connectivity index is 1.66. The van der Waals surface area contributed by atoms with Gasteiger partial charge in [-0.15, -0.1) is 0 Å². The zero-order valence-corrected chi connectivity index (χ0v) is 21.1. The number of aromatic nitrogens is 5. The molecule has 1 aliphatic heterocycles. The topological polar surface area (TPSA) is 72.0 Å². The molecule has 0 radical (unpaired) electrons. The Kier molecular flexibility index (Phi) is 6.36. The molecule has 0 aliphatic carbocycles. The highest BCUT2D eigenvalue weighted by Gasteiger charge is 2.27. The number of rotatable bonds is 5. The van der Waals surface area contributed by atoms with Crippen LogP contribution in [0.3, 0.4) is 0 Å². The first-order valence-corrected chi connectivity index (χ1v) is 12.0. The van der Waals surface area contributed by atoms with Crippen LogP contribution < -0.4 is 4.90 Å². The highest BCUT2D eigenvalue weighted by Crippen LogP contribution is 2.32. The zero-order chi connectivity index (χ0) is 23.9. The van der Waals surface area contributed by atoms with Gasteiger partial charge in [-0.1, -0.05) is 20.8 Å². The van der Waals surface area contributed by atoms with Crippen LogP contribution in [0.4, 0.5) is 5.69 Å². The molecule has 7 heteroatoms. The van der Waals surface area contributed by atoms with Crippen molar-refractivity contribution in [3.8, 4) is 11.4 Å². The molecule has 1 saturated heterocycles. The highest BCUT2D eigenvalue weighted by atomic mass is 16.3. The van der Waals surface area contributed by atoms with E-state index in [0.717, 1.165) is 48.8 Å². The van der Waals surface area contributed by atoms with Gasteiger partial charge in [0.25, 0.3) is 0 Å². The number of hydrogen-bond donors (Lipinski definition) is 1. The standard InChI is InChI=1S/C26H38N6O/c1-17-23(18(2)30(7)28-17)16-24-27-25(29-32(24)19(3)26(4,5)6)20-8-10-21(11-9-20)31-14-12-22(33)13-15-31/h8-11,19,22,33H,12-16H2,1-7H3. The van der Waals surface area contributed by atoms with Gasteiger partial charge in [0, 0.05) is 49.1 Å². The molecule has 1 unspecified atom stereocenters.